The van der Waals surface area contributed by atoms with Crippen LogP contribution in [0.1, 0.15) is 37.4 Å². The Balaban J connectivity index is 2.51. The molecule has 1 aromatic heterocycles. The lowest BCUT2D eigenvalue weighted by molar-refractivity contribution is 0.0476. The Labute approximate surface area is 125 Å². The summed E-state index contributed by atoms with van der Waals surface area (Å²) in [6.07, 6.45) is 0.838. The van der Waals surface area contributed by atoms with Gasteiger partial charge in [0.15, 0.2) is 0 Å². The van der Waals surface area contributed by atoms with Crippen LogP contribution in [-0.4, -0.2) is 40.8 Å². The standard InChI is InChI=1S/C15H26N2O2S/c1-6-17(10-15(4,5)19)14(18)16-11(2)9-13-8-7-12(3)20-13/h7-8,11,19H,6,9-10H2,1-5H3,(H,16,18). The Morgan fingerprint density at radius 3 is 2.60 bits per heavy atom. The molecule has 0 saturated carbocycles. The number of nitrogens with one attached hydrogen (secondary N) is 1. The van der Waals surface area contributed by atoms with Crippen molar-refractivity contribution in [1.82, 2.24) is 10.2 Å². The molecule has 20 heavy (non-hydrogen) atoms. The summed E-state index contributed by atoms with van der Waals surface area (Å²) in [4.78, 5) is 16.4. The molecule has 0 aliphatic heterocycles. The molecule has 0 bridgehead atoms. The van der Waals surface area contributed by atoms with Crippen LogP contribution in [0, 0.1) is 6.92 Å². The van der Waals surface area contributed by atoms with Crippen molar-refractivity contribution in [2.24, 2.45) is 0 Å². The number of thiophene rings is 1. The maximum absolute atomic E-state index is 12.2. The first-order valence-corrected chi connectivity index (χ1v) is 7.86. The minimum Gasteiger partial charge on any atom is -0.389 e. The third kappa shape index (κ3) is 5.92. The van der Waals surface area contributed by atoms with Gasteiger partial charge in [-0.15, -0.1) is 11.3 Å². The van der Waals surface area contributed by atoms with Crippen LogP contribution in [0.2, 0.25) is 0 Å². The zero-order chi connectivity index (χ0) is 15.3. The molecular formula is C15H26N2O2S. The zero-order valence-electron chi connectivity index (χ0n) is 13.1. The minimum atomic E-state index is -0.874. The summed E-state index contributed by atoms with van der Waals surface area (Å²) in [5.74, 6) is 0. The highest BCUT2D eigenvalue weighted by atomic mass is 32.1. The van der Waals surface area contributed by atoms with E-state index in [1.54, 1.807) is 30.1 Å². The topological polar surface area (TPSA) is 52.6 Å². The summed E-state index contributed by atoms with van der Waals surface area (Å²) >= 11 is 1.76. The van der Waals surface area contributed by atoms with Crippen LogP contribution in [0.3, 0.4) is 0 Å². The molecule has 5 heteroatoms. The second kappa shape index (κ2) is 7.09. The molecule has 0 spiro atoms. The monoisotopic (exact) mass is 298 g/mol. The number of hydrogen-bond donors (Lipinski definition) is 2. The van der Waals surface area contributed by atoms with Crippen molar-refractivity contribution in [3.63, 3.8) is 0 Å². The van der Waals surface area contributed by atoms with Gasteiger partial charge in [0.2, 0.25) is 0 Å². The first-order chi connectivity index (χ1) is 9.21. The van der Waals surface area contributed by atoms with E-state index in [4.69, 9.17) is 0 Å². The summed E-state index contributed by atoms with van der Waals surface area (Å²) in [7, 11) is 0. The van der Waals surface area contributed by atoms with E-state index in [1.165, 1.54) is 9.75 Å². The van der Waals surface area contributed by atoms with E-state index < -0.39 is 5.60 Å². The Morgan fingerprint density at radius 2 is 2.15 bits per heavy atom. The fourth-order valence-electron chi connectivity index (χ4n) is 2.04. The van der Waals surface area contributed by atoms with Crippen molar-refractivity contribution in [1.29, 1.82) is 0 Å². The van der Waals surface area contributed by atoms with Crippen LogP contribution in [0.4, 0.5) is 4.79 Å². The SMILES string of the molecule is CCN(CC(C)(C)O)C(=O)NC(C)Cc1ccc(C)s1. The van der Waals surface area contributed by atoms with Gasteiger partial charge in [-0.05, 0) is 46.8 Å². The quantitative estimate of drug-likeness (QED) is 0.848. The summed E-state index contributed by atoms with van der Waals surface area (Å²) in [5.41, 5.74) is -0.874. The van der Waals surface area contributed by atoms with Gasteiger partial charge in [0.1, 0.15) is 0 Å². The molecule has 1 atom stereocenters. The number of nitrogens with zero attached hydrogens (tertiary/aromatic N) is 1. The second-order valence-corrected chi connectivity index (χ2v) is 7.27. The summed E-state index contributed by atoms with van der Waals surface area (Å²) in [5, 5.41) is 12.8. The smallest absolute Gasteiger partial charge is 0.317 e. The van der Waals surface area contributed by atoms with Crippen LogP contribution < -0.4 is 5.32 Å². The normalized spacial score (nSPS) is 13.1. The van der Waals surface area contributed by atoms with Crippen LogP contribution in [-0.2, 0) is 6.42 Å². The van der Waals surface area contributed by atoms with E-state index in [0.29, 0.717) is 13.1 Å². The van der Waals surface area contributed by atoms with E-state index in [-0.39, 0.29) is 12.1 Å². The lowest BCUT2D eigenvalue weighted by atomic mass is 10.1. The molecule has 114 valence electrons. The van der Waals surface area contributed by atoms with Gasteiger partial charge >= 0.3 is 6.03 Å². The summed E-state index contributed by atoms with van der Waals surface area (Å²) < 4.78 is 0. The maximum atomic E-state index is 12.2. The number of carbonyl (C=O) groups excluding carboxylic acids is 1. The molecule has 0 radical (unpaired) electrons. The Hall–Kier alpha value is -1.07. The second-order valence-electron chi connectivity index (χ2n) is 5.89. The first kappa shape index (κ1) is 17.0. The van der Waals surface area contributed by atoms with E-state index in [2.05, 4.69) is 24.4 Å². The molecule has 0 aromatic carbocycles. The number of carbonyl (C=O) groups is 1. The predicted octanol–water partition coefficient (Wildman–Crippen LogP) is 2.79. The minimum absolute atomic E-state index is 0.0800. The lowest BCUT2D eigenvalue weighted by Gasteiger charge is -2.29. The van der Waals surface area contributed by atoms with Crippen molar-refractivity contribution >= 4 is 17.4 Å². The highest BCUT2D eigenvalue weighted by molar-refractivity contribution is 7.11. The number of hydrogen-bond acceptors (Lipinski definition) is 3. The number of aliphatic hydroxyl groups is 1. The Kier molecular flexibility index (Phi) is 6.02. The molecule has 1 heterocycles. The molecule has 2 amide bonds. The Morgan fingerprint density at radius 1 is 1.50 bits per heavy atom. The van der Waals surface area contributed by atoms with Gasteiger partial charge in [-0.1, -0.05) is 0 Å². The maximum Gasteiger partial charge on any atom is 0.317 e. The third-order valence-electron chi connectivity index (χ3n) is 2.92. The molecule has 0 fully saturated rings. The number of amides is 2. The zero-order valence-corrected chi connectivity index (χ0v) is 13.9. The van der Waals surface area contributed by atoms with Crippen molar-refractivity contribution in [2.75, 3.05) is 13.1 Å². The molecule has 2 N–H and O–H groups in total. The fourth-order valence-corrected chi connectivity index (χ4v) is 3.06. The summed E-state index contributed by atoms with van der Waals surface area (Å²) in [6, 6.07) is 4.17. The van der Waals surface area contributed by atoms with E-state index in [0.717, 1.165) is 6.42 Å². The van der Waals surface area contributed by atoms with Crippen LogP contribution >= 0.6 is 11.3 Å². The van der Waals surface area contributed by atoms with E-state index in [1.807, 2.05) is 13.8 Å². The van der Waals surface area contributed by atoms with Crippen LogP contribution in [0.5, 0.6) is 0 Å². The van der Waals surface area contributed by atoms with Crippen LogP contribution in [0.25, 0.3) is 0 Å². The molecule has 0 aliphatic rings. The van der Waals surface area contributed by atoms with Gasteiger partial charge in [0.05, 0.1) is 12.1 Å². The Bertz CT molecular complexity index is 437. The van der Waals surface area contributed by atoms with Gasteiger partial charge in [-0.2, -0.15) is 0 Å². The number of aryl methyl sites for hydroxylation is 1. The predicted molar refractivity (Wildman–Crippen MR) is 84.3 cm³/mol. The van der Waals surface area contributed by atoms with Gasteiger partial charge in [-0.25, -0.2) is 4.79 Å². The van der Waals surface area contributed by atoms with Crippen molar-refractivity contribution in [2.45, 2.75) is 52.7 Å². The van der Waals surface area contributed by atoms with Gasteiger partial charge in [-0.3, -0.25) is 0 Å². The van der Waals surface area contributed by atoms with Crippen molar-refractivity contribution in [3.05, 3.63) is 21.9 Å². The van der Waals surface area contributed by atoms with Gasteiger partial charge in [0, 0.05) is 28.8 Å². The van der Waals surface area contributed by atoms with Gasteiger partial charge in [0.25, 0.3) is 0 Å². The fraction of sp³-hybridized carbons (Fsp3) is 0.667. The molecule has 1 rings (SSSR count). The molecule has 0 aliphatic carbocycles. The van der Waals surface area contributed by atoms with Crippen molar-refractivity contribution in [3.8, 4) is 0 Å². The largest absolute Gasteiger partial charge is 0.389 e. The number of rotatable bonds is 6. The van der Waals surface area contributed by atoms with E-state index in [9.17, 15) is 9.90 Å². The van der Waals surface area contributed by atoms with E-state index >= 15 is 0 Å². The first-order valence-electron chi connectivity index (χ1n) is 7.04. The third-order valence-corrected chi connectivity index (χ3v) is 3.94. The number of urea groups is 1. The van der Waals surface area contributed by atoms with Crippen molar-refractivity contribution < 1.29 is 9.90 Å². The molecule has 4 nitrogen and oxygen atoms in total. The highest BCUT2D eigenvalue weighted by Gasteiger charge is 2.22. The van der Waals surface area contributed by atoms with Gasteiger partial charge < -0.3 is 15.3 Å². The molecule has 0 saturated heterocycles. The lowest BCUT2D eigenvalue weighted by Crippen LogP contribution is -2.49. The molecular weight excluding hydrogens is 272 g/mol. The summed E-state index contributed by atoms with van der Waals surface area (Å²) in [6.45, 7) is 10.3. The highest BCUT2D eigenvalue weighted by Crippen LogP contribution is 2.16. The molecule has 1 unspecified atom stereocenters. The molecule has 1 aromatic rings. The average molecular weight is 298 g/mol. The number of likely N-dealkylation sites (N-methyl/N-ethyl adjacent to an activating group) is 1. The van der Waals surface area contributed by atoms with Crippen LogP contribution in [0.15, 0.2) is 12.1 Å². The average Bonchev–Trinajstić information content (AvgIpc) is 2.70.